The molecular formula is C14H10F3O. The van der Waals surface area contributed by atoms with Crippen molar-refractivity contribution in [3.63, 3.8) is 0 Å². The average molecular weight is 251 g/mol. The molecule has 1 radical (unpaired) electrons. The summed E-state index contributed by atoms with van der Waals surface area (Å²) in [6, 6.07) is 11.8. The molecule has 0 amide bonds. The molecule has 0 unspecified atom stereocenters. The predicted molar refractivity (Wildman–Crippen MR) is 62.4 cm³/mol. The Bertz CT molecular complexity index is 547. The minimum absolute atomic E-state index is 0.221. The minimum Gasteiger partial charge on any atom is -0.456 e. The lowest BCUT2D eigenvalue weighted by Crippen LogP contribution is -2.06. The van der Waals surface area contributed by atoms with Crippen LogP contribution >= 0.6 is 0 Å². The second-order valence-electron chi connectivity index (χ2n) is 3.70. The number of hydrogen-bond donors (Lipinski definition) is 0. The summed E-state index contributed by atoms with van der Waals surface area (Å²) in [4.78, 5) is 0. The minimum atomic E-state index is -4.44. The molecule has 2 aromatic rings. The highest BCUT2D eigenvalue weighted by Crippen LogP contribution is 2.38. The van der Waals surface area contributed by atoms with E-state index in [4.69, 9.17) is 4.74 Å². The normalized spacial score (nSPS) is 11.3. The Hall–Kier alpha value is -1.97. The highest BCUT2D eigenvalue weighted by atomic mass is 19.4. The summed E-state index contributed by atoms with van der Waals surface area (Å²) in [5.41, 5.74) is -0.261. The zero-order chi connectivity index (χ0) is 13.2. The number of para-hydroxylation sites is 2. The van der Waals surface area contributed by atoms with Gasteiger partial charge in [0.2, 0.25) is 0 Å². The number of rotatable bonds is 2. The van der Waals surface area contributed by atoms with Crippen LogP contribution in [-0.2, 0) is 6.18 Å². The molecule has 0 aliphatic rings. The average Bonchev–Trinajstić information content (AvgIpc) is 2.31. The summed E-state index contributed by atoms with van der Waals surface area (Å²) in [5.74, 6) is 0.0929. The third kappa shape index (κ3) is 2.64. The van der Waals surface area contributed by atoms with Gasteiger partial charge in [0.25, 0.3) is 0 Å². The molecule has 0 aliphatic carbocycles. The lowest BCUT2D eigenvalue weighted by atomic mass is 10.2. The molecule has 0 fully saturated rings. The molecule has 2 aromatic carbocycles. The van der Waals surface area contributed by atoms with E-state index in [9.17, 15) is 13.2 Å². The third-order valence-corrected chi connectivity index (χ3v) is 2.38. The Labute approximate surface area is 103 Å². The molecule has 0 heterocycles. The highest BCUT2D eigenvalue weighted by molar-refractivity contribution is 5.43. The molecule has 93 valence electrons. The van der Waals surface area contributed by atoms with Gasteiger partial charge in [-0.25, -0.2) is 0 Å². The number of ether oxygens (including phenoxy) is 1. The summed E-state index contributed by atoms with van der Waals surface area (Å²) in [7, 11) is 0. The van der Waals surface area contributed by atoms with Crippen LogP contribution in [0.3, 0.4) is 0 Å². The number of hydrogen-bond acceptors (Lipinski definition) is 1. The van der Waals surface area contributed by atoms with E-state index in [2.05, 4.69) is 6.92 Å². The largest absolute Gasteiger partial charge is 0.456 e. The third-order valence-electron chi connectivity index (χ3n) is 2.38. The van der Waals surface area contributed by atoms with Crippen molar-refractivity contribution in [2.45, 2.75) is 6.18 Å². The smallest absolute Gasteiger partial charge is 0.419 e. The van der Waals surface area contributed by atoms with Crippen molar-refractivity contribution in [1.29, 1.82) is 0 Å². The van der Waals surface area contributed by atoms with Crippen LogP contribution in [0, 0.1) is 6.92 Å². The molecule has 0 aromatic heterocycles. The van der Waals surface area contributed by atoms with Crippen LogP contribution in [0.25, 0.3) is 0 Å². The van der Waals surface area contributed by atoms with Crippen LogP contribution in [0.2, 0.25) is 0 Å². The van der Waals surface area contributed by atoms with Gasteiger partial charge >= 0.3 is 6.18 Å². The van der Waals surface area contributed by atoms with Gasteiger partial charge in [0.05, 0.1) is 5.56 Å². The molecule has 0 bridgehead atoms. The fourth-order valence-electron chi connectivity index (χ4n) is 1.51. The molecule has 1 nitrogen and oxygen atoms in total. The van der Waals surface area contributed by atoms with Crippen LogP contribution in [0.1, 0.15) is 11.1 Å². The first-order valence-corrected chi connectivity index (χ1v) is 5.23. The van der Waals surface area contributed by atoms with Gasteiger partial charge in [-0.05, 0) is 30.7 Å². The zero-order valence-electron chi connectivity index (χ0n) is 9.37. The Morgan fingerprint density at radius 3 is 2.00 bits per heavy atom. The maximum Gasteiger partial charge on any atom is 0.419 e. The molecule has 0 spiro atoms. The Morgan fingerprint density at radius 2 is 1.39 bits per heavy atom. The van der Waals surface area contributed by atoms with Crippen LogP contribution in [0.5, 0.6) is 11.5 Å². The van der Waals surface area contributed by atoms with Gasteiger partial charge in [0.15, 0.2) is 0 Å². The van der Waals surface area contributed by atoms with E-state index in [1.807, 2.05) is 0 Å². The van der Waals surface area contributed by atoms with Crippen molar-refractivity contribution in [1.82, 2.24) is 0 Å². The van der Waals surface area contributed by atoms with Crippen LogP contribution < -0.4 is 4.74 Å². The van der Waals surface area contributed by atoms with Crippen LogP contribution in [0.15, 0.2) is 48.5 Å². The van der Waals surface area contributed by atoms with E-state index in [1.54, 1.807) is 24.3 Å². The van der Waals surface area contributed by atoms with Crippen molar-refractivity contribution in [3.05, 3.63) is 66.6 Å². The van der Waals surface area contributed by atoms with E-state index >= 15 is 0 Å². The molecular weight excluding hydrogens is 241 g/mol. The maximum absolute atomic E-state index is 12.8. The van der Waals surface area contributed by atoms with E-state index < -0.39 is 11.7 Å². The first kappa shape index (κ1) is 12.5. The van der Waals surface area contributed by atoms with Crippen molar-refractivity contribution in [3.8, 4) is 11.5 Å². The first-order valence-electron chi connectivity index (χ1n) is 5.23. The van der Waals surface area contributed by atoms with Crippen molar-refractivity contribution in [2.24, 2.45) is 0 Å². The van der Waals surface area contributed by atoms with Gasteiger partial charge in [-0.1, -0.05) is 30.3 Å². The maximum atomic E-state index is 12.8. The molecule has 0 saturated carbocycles. The van der Waals surface area contributed by atoms with Crippen LogP contribution in [-0.4, -0.2) is 0 Å². The Balaban J connectivity index is 2.39. The number of benzene rings is 2. The topological polar surface area (TPSA) is 9.23 Å². The molecule has 18 heavy (non-hydrogen) atoms. The molecule has 0 saturated heterocycles. The summed E-state index contributed by atoms with van der Waals surface area (Å²) >= 11 is 0. The molecule has 2 rings (SSSR count). The Kier molecular flexibility index (Phi) is 3.28. The van der Waals surface area contributed by atoms with Crippen molar-refractivity contribution < 1.29 is 17.9 Å². The fourth-order valence-corrected chi connectivity index (χ4v) is 1.51. The fraction of sp³-hybridized carbons (Fsp3) is 0.0714. The predicted octanol–water partition coefficient (Wildman–Crippen LogP) is 4.68. The van der Waals surface area contributed by atoms with E-state index in [0.717, 1.165) is 6.07 Å². The van der Waals surface area contributed by atoms with E-state index in [0.29, 0.717) is 11.3 Å². The van der Waals surface area contributed by atoms with Gasteiger partial charge in [0, 0.05) is 0 Å². The zero-order valence-corrected chi connectivity index (χ0v) is 9.37. The van der Waals surface area contributed by atoms with Gasteiger partial charge in [-0.15, -0.1) is 0 Å². The van der Waals surface area contributed by atoms with Gasteiger partial charge < -0.3 is 4.74 Å². The molecule has 0 atom stereocenters. The first-order chi connectivity index (χ1) is 8.48. The summed E-state index contributed by atoms with van der Waals surface area (Å²) < 4.78 is 43.6. The van der Waals surface area contributed by atoms with Gasteiger partial charge in [0.1, 0.15) is 11.5 Å². The van der Waals surface area contributed by atoms with Gasteiger partial charge in [-0.3, -0.25) is 0 Å². The SMILES string of the molecule is [CH2]c1ccccc1Oc1ccccc1C(F)(F)F. The van der Waals surface area contributed by atoms with Crippen LogP contribution in [0.4, 0.5) is 13.2 Å². The van der Waals surface area contributed by atoms with Crippen molar-refractivity contribution >= 4 is 0 Å². The number of alkyl halides is 3. The monoisotopic (exact) mass is 251 g/mol. The second-order valence-corrected chi connectivity index (χ2v) is 3.70. The summed E-state index contributed by atoms with van der Waals surface area (Å²) in [5, 5.41) is 0. The lowest BCUT2D eigenvalue weighted by molar-refractivity contribution is -0.138. The second kappa shape index (κ2) is 4.72. The molecule has 0 N–H and O–H groups in total. The molecule has 0 aliphatic heterocycles. The Morgan fingerprint density at radius 1 is 0.833 bits per heavy atom. The standard InChI is InChI=1S/C14H10F3O/c1-10-6-2-4-8-12(10)18-13-9-5-3-7-11(13)14(15,16)17/h2-9H,1H2. The lowest BCUT2D eigenvalue weighted by Gasteiger charge is -2.14. The highest BCUT2D eigenvalue weighted by Gasteiger charge is 2.34. The summed E-state index contributed by atoms with van der Waals surface area (Å²) in [6.45, 7) is 3.70. The van der Waals surface area contributed by atoms with E-state index in [-0.39, 0.29) is 5.75 Å². The molecule has 4 heteroatoms. The van der Waals surface area contributed by atoms with E-state index in [1.165, 1.54) is 18.2 Å². The quantitative estimate of drug-likeness (QED) is 0.753. The number of halogens is 3. The van der Waals surface area contributed by atoms with Gasteiger partial charge in [-0.2, -0.15) is 13.2 Å². The van der Waals surface area contributed by atoms with Crippen molar-refractivity contribution in [2.75, 3.05) is 0 Å². The summed E-state index contributed by atoms with van der Waals surface area (Å²) in [6.07, 6.45) is -4.44.